The van der Waals surface area contributed by atoms with Gasteiger partial charge in [0.1, 0.15) is 5.82 Å². The first-order valence-corrected chi connectivity index (χ1v) is 5.49. The van der Waals surface area contributed by atoms with Gasteiger partial charge in [0, 0.05) is 6.54 Å². The van der Waals surface area contributed by atoms with Crippen LogP contribution in [0, 0.1) is 5.92 Å². The Morgan fingerprint density at radius 3 is 3.06 bits per heavy atom. The van der Waals surface area contributed by atoms with E-state index in [1.54, 1.807) is 18.3 Å². The summed E-state index contributed by atoms with van der Waals surface area (Å²) in [6.45, 7) is 1.77. The van der Waals surface area contributed by atoms with Gasteiger partial charge in [0.25, 0.3) is 0 Å². The second-order valence-electron chi connectivity index (χ2n) is 4.00. The summed E-state index contributed by atoms with van der Waals surface area (Å²) >= 11 is 0. The van der Waals surface area contributed by atoms with Crippen molar-refractivity contribution in [3.8, 4) is 0 Å². The number of amides is 1. The van der Waals surface area contributed by atoms with E-state index in [2.05, 4.69) is 15.6 Å². The van der Waals surface area contributed by atoms with E-state index in [0.717, 1.165) is 25.9 Å². The third-order valence-electron chi connectivity index (χ3n) is 2.72. The molecule has 1 saturated heterocycles. The largest absolute Gasteiger partial charge is 0.384 e. The Morgan fingerprint density at radius 2 is 2.44 bits per heavy atom. The Kier molecular flexibility index (Phi) is 3.36. The maximum Gasteiger partial charge on any atom is 0.228 e. The number of rotatable bonds is 2. The van der Waals surface area contributed by atoms with Gasteiger partial charge in [-0.2, -0.15) is 0 Å². The van der Waals surface area contributed by atoms with Gasteiger partial charge < -0.3 is 16.4 Å². The average molecular weight is 220 g/mol. The smallest absolute Gasteiger partial charge is 0.228 e. The number of nitrogens with two attached hydrogens (primary N) is 1. The van der Waals surface area contributed by atoms with Crippen molar-refractivity contribution in [2.75, 3.05) is 24.1 Å². The highest BCUT2D eigenvalue weighted by atomic mass is 16.1. The average Bonchev–Trinajstić information content (AvgIpc) is 2.33. The number of pyridine rings is 1. The summed E-state index contributed by atoms with van der Waals surface area (Å²) in [6, 6.07) is 3.44. The standard InChI is InChI=1S/C11H16N4O/c12-10-4-3-9(7-14-10)15-11(16)8-2-1-5-13-6-8/h3-4,7-8,13H,1-2,5-6H2,(H2,12,14)(H,15,16). The predicted molar refractivity (Wildman–Crippen MR) is 62.9 cm³/mol. The molecule has 5 nitrogen and oxygen atoms in total. The number of piperidine rings is 1. The number of aromatic nitrogens is 1. The minimum Gasteiger partial charge on any atom is -0.384 e. The summed E-state index contributed by atoms with van der Waals surface area (Å²) < 4.78 is 0. The molecule has 2 rings (SSSR count). The number of nitrogens with zero attached hydrogens (tertiary/aromatic N) is 1. The van der Waals surface area contributed by atoms with Crippen molar-refractivity contribution in [3.05, 3.63) is 18.3 Å². The highest BCUT2D eigenvalue weighted by molar-refractivity contribution is 5.92. The maximum absolute atomic E-state index is 11.8. The Hall–Kier alpha value is -1.62. The summed E-state index contributed by atoms with van der Waals surface area (Å²) in [5.41, 5.74) is 6.17. The summed E-state index contributed by atoms with van der Waals surface area (Å²) in [7, 11) is 0. The summed E-state index contributed by atoms with van der Waals surface area (Å²) in [6.07, 6.45) is 3.57. The van der Waals surface area contributed by atoms with E-state index in [0.29, 0.717) is 11.5 Å². The van der Waals surface area contributed by atoms with Crippen molar-refractivity contribution in [2.45, 2.75) is 12.8 Å². The van der Waals surface area contributed by atoms with Crippen LogP contribution in [0.1, 0.15) is 12.8 Å². The Labute approximate surface area is 94.4 Å². The zero-order valence-electron chi connectivity index (χ0n) is 9.07. The fraction of sp³-hybridized carbons (Fsp3) is 0.455. The van der Waals surface area contributed by atoms with Gasteiger partial charge >= 0.3 is 0 Å². The number of hydrogen-bond acceptors (Lipinski definition) is 4. The minimum atomic E-state index is 0.0544. The molecule has 0 bridgehead atoms. The first kappa shape index (κ1) is 10.9. The fourth-order valence-corrected chi connectivity index (χ4v) is 1.80. The van der Waals surface area contributed by atoms with Crippen LogP contribution in [0.5, 0.6) is 0 Å². The van der Waals surface area contributed by atoms with Gasteiger partial charge in [0.15, 0.2) is 0 Å². The molecule has 0 aromatic carbocycles. The molecule has 0 aliphatic carbocycles. The van der Waals surface area contributed by atoms with E-state index >= 15 is 0 Å². The number of hydrogen-bond donors (Lipinski definition) is 3. The lowest BCUT2D eigenvalue weighted by atomic mass is 9.99. The number of anilines is 2. The normalized spacial score (nSPS) is 20.4. The van der Waals surface area contributed by atoms with Crippen molar-refractivity contribution < 1.29 is 4.79 Å². The molecule has 86 valence electrons. The van der Waals surface area contributed by atoms with Crippen molar-refractivity contribution in [1.82, 2.24) is 10.3 Å². The first-order valence-electron chi connectivity index (χ1n) is 5.49. The van der Waals surface area contributed by atoms with Crippen molar-refractivity contribution >= 4 is 17.4 Å². The molecule has 2 heterocycles. The predicted octanol–water partition coefficient (Wildman–Crippen LogP) is 0.602. The van der Waals surface area contributed by atoms with Crippen LogP contribution in [0.3, 0.4) is 0 Å². The fourth-order valence-electron chi connectivity index (χ4n) is 1.80. The molecule has 1 aromatic heterocycles. The van der Waals surface area contributed by atoms with Crippen LogP contribution in [0.4, 0.5) is 11.5 Å². The molecule has 1 amide bonds. The third-order valence-corrected chi connectivity index (χ3v) is 2.72. The Morgan fingerprint density at radius 1 is 1.56 bits per heavy atom. The van der Waals surface area contributed by atoms with E-state index in [9.17, 15) is 4.79 Å². The van der Waals surface area contributed by atoms with Crippen LogP contribution in [-0.4, -0.2) is 24.0 Å². The molecule has 1 aliphatic heterocycles. The molecule has 1 atom stereocenters. The second-order valence-corrected chi connectivity index (χ2v) is 4.00. The SMILES string of the molecule is Nc1ccc(NC(=O)C2CCCNC2)cn1. The molecular formula is C11H16N4O. The van der Waals surface area contributed by atoms with Gasteiger partial charge in [-0.05, 0) is 31.5 Å². The molecule has 1 aliphatic rings. The molecule has 1 unspecified atom stereocenters. The first-order chi connectivity index (χ1) is 7.75. The van der Waals surface area contributed by atoms with E-state index in [1.807, 2.05) is 0 Å². The zero-order chi connectivity index (χ0) is 11.4. The minimum absolute atomic E-state index is 0.0544. The maximum atomic E-state index is 11.8. The number of nitrogens with one attached hydrogen (secondary N) is 2. The monoisotopic (exact) mass is 220 g/mol. The van der Waals surface area contributed by atoms with Crippen LogP contribution in [-0.2, 0) is 4.79 Å². The third kappa shape index (κ3) is 2.70. The van der Waals surface area contributed by atoms with E-state index in [-0.39, 0.29) is 11.8 Å². The quantitative estimate of drug-likeness (QED) is 0.682. The van der Waals surface area contributed by atoms with Gasteiger partial charge in [-0.1, -0.05) is 0 Å². The number of nitrogen functional groups attached to an aromatic ring is 1. The lowest BCUT2D eigenvalue weighted by Gasteiger charge is -2.21. The molecular weight excluding hydrogens is 204 g/mol. The molecule has 16 heavy (non-hydrogen) atoms. The molecule has 0 radical (unpaired) electrons. The number of carbonyl (C=O) groups is 1. The lowest BCUT2D eigenvalue weighted by molar-refractivity contribution is -0.120. The van der Waals surface area contributed by atoms with Crippen molar-refractivity contribution in [3.63, 3.8) is 0 Å². The molecule has 0 spiro atoms. The molecule has 1 fully saturated rings. The lowest BCUT2D eigenvalue weighted by Crippen LogP contribution is -2.37. The van der Waals surface area contributed by atoms with Crippen LogP contribution in [0.2, 0.25) is 0 Å². The van der Waals surface area contributed by atoms with Crippen molar-refractivity contribution in [1.29, 1.82) is 0 Å². The van der Waals surface area contributed by atoms with Crippen LogP contribution < -0.4 is 16.4 Å². The molecule has 1 aromatic rings. The molecule has 0 saturated carbocycles. The van der Waals surface area contributed by atoms with Crippen LogP contribution in [0.25, 0.3) is 0 Å². The van der Waals surface area contributed by atoms with Gasteiger partial charge in [-0.3, -0.25) is 4.79 Å². The van der Waals surface area contributed by atoms with Gasteiger partial charge in [0.2, 0.25) is 5.91 Å². The van der Waals surface area contributed by atoms with Crippen molar-refractivity contribution in [2.24, 2.45) is 5.92 Å². The van der Waals surface area contributed by atoms with Gasteiger partial charge in [0.05, 0.1) is 17.8 Å². The van der Waals surface area contributed by atoms with Gasteiger partial charge in [-0.25, -0.2) is 4.98 Å². The molecule has 4 N–H and O–H groups in total. The summed E-state index contributed by atoms with van der Waals surface area (Å²) in [4.78, 5) is 15.8. The van der Waals surface area contributed by atoms with E-state index < -0.39 is 0 Å². The highest BCUT2D eigenvalue weighted by Gasteiger charge is 2.20. The van der Waals surface area contributed by atoms with E-state index in [1.165, 1.54) is 0 Å². The van der Waals surface area contributed by atoms with Gasteiger partial charge in [-0.15, -0.1) is 0 Å². The topological polar surface area (TPSA) is 80.0 Å². The Bertz CT molecular complexity index is 357. The summed E-state index contributed by atoms with van der Waals surface area (Å²) in [5, 5.41) is 6.06. The highest BCUT2D eigenvalue weighted by Crippen LogP contribution is 2.14. The molecule has 5 heteroatoms. The Balaban J connectivity index is 1.93. The summed E-state index contributed by atoms with van der Waals surface area (Å²) in [5.74, 6) is 0.572. The van der Waals surface area contributed by atoms with Crippen LogP contribution >= 0.6 is 0 Å². The zero-order valence-corrected chi connectivity index (χ0v) is 9.07. The van der Waals surface area contributed by atoms with Crippen LogP contribution in [0.15, 0.2) is 18.3 Å². The second kappa shape index (κ2) is 4.94. The number of carbonyl (C=O) groups excluding carboxylic acids is 1. The van der Waals surface area contributed by atoms with E-state index in [4.69, 9.17) is 5.73 Å².